The van der Waals surface area contributed by atoms with E-state index in [2.05, 4.69) is 28.2 Å². The molecule has 0 aromatic heterocycles. The van der Waals surface area contributed by atoms with Gasteiger partial charge in [-0.25, -0.2) is 0 Å². The third kappa shape index (κ3) is 3.41. The molecule has 1 aromatic rings. The Bertz CT molecular complexity index is 503. The number of aliphatic hydroxyl groups excluding tert-OH is 1. The highest BCUT2D eigenvalue weighted by Gasteiger charge is 2.36. The number of amides is 1. The van der Waals surface area contributed by atoms with Crippen LogP contribution >= 0.6 is 15.9 Å². The Labute approximate surface area is 128 Å². The quantitative estimate of drug-likeness (QED) is 0.886. The minimum absolute atomic E-state index is 0.00651. The Balaban J connectivity index is 2.16. The molecule has 1 aliphatic carbocycles. The molecular formula is C16H22BrNO2. The molecule has 1 saturated carbocycles. The Kier molecular flexibility index (Phi) is 4.86. The minimum Gasteiger partial charge on any atom is -0.394 e. The molecule has 20 heavy (non-hydrogen) atoms. The molecular weight excluding hydrogens is 318 g/mol. The van der Waals surface area contributed by atoms with Gasteiger partial charge in [-0.2, -0.15) is 0 Å². The van der Waals surface area contributed by atoms with Gasteiger partial charge in [0.2, 0.25) is 0 Å². The summed E-state index contributed by atoms with van der Waals surface area (Å²) in [6, 6.07) is 5.69. The van der Waals surface area contributed by atoms with Gasteiger partial charge in [-0.05, 0) is 59.3 Å². The zero-order valence-electron chi connectivity index (χ0n) is 12.1. The average Bonchev–Trinajstić information content (AvgIpc) is 2.38. The monoisotopic (exact) mass is 339 g/mol. The molecule has 3 nitrogen and oxygen atoms in total. The average molecular weight is 340 g/mol. The van der Waals surface area contributed by atoms with E-state index in [4.69, 9.17) is 0 Å². The van der Waals surface area contributed by atoms with Gasteiger partial charge in [0.15, 0.2) is 0 Å². The Morgan fingerprint density at radius 1 is 1.55 bits per heavy atom. The van der Waals surface area contributed by atoms with Gasteiger partial charge in [-0.15, -0.1) is 0 Å². The van der Waals surface area contributed by atoms with Crippen LogP contribution in [0.5, 0.6) is 0 Å². The van der Waals surface area contributed by atoms with Crippen LogP contribution < -0.4 is 5.32 Å². The molecule has 1 fully saturated rings. The summed E-state index contributed by atoms with van der Waals surface area (Å²) < 4.78 is 0.798. The summed E-state index contributed by atoms with van der Waals surface area (Å²) in [5.74, 6) is 0.428. The number of carbonyl (C=O) groups excluding carboxylic acids is 1. The number of carbonyl (C=O) groups is 1. The second-order valence-electron chi connectivity index (χ2n) is 6.08. The van der Waals surface area contributed by atoms with Crippen LogP contribution in [0.4, 0.5) is 0 Å². The molecule has 1 amide bonds. The third-order valence-electron chi connectivity index (χ3n) is 4.14. The Morgan fingerprint density at radius 2 is 2.30 bits per heavy atom. The van der Waals surface area contributed by atoms with Crippen LogP contribution in [0.3, 0.4) is 0 Å². The van der Waals surface area contributed by atoms with Crippen molar-refractivity contribution in [2.75, 3.05) is 6.61 Å². The zero-order chi connectivity index (χ0) is 14.8. The number of aryl methyl sites for hydroxylation is 1. The predicted molar refractivity (Wildman–Crippen MR) is 83.8 cm³/mol. The highest BCUT2D eigenvalue weighted by atomic mass is 79.9. The van der Waals surface area contributed by atoms with E-state index in [1.165, 1.54) is 6.42 Å². The van der Waals surface area contributed by atoms with Crippen LogP contribution in [0.1, 0.15) is 48.5 Å². The second-order valence-corrected chi connectivity index (χ2v) is 6.93. The summed E-state index contributed by atoms with van der Waals surface area (Å²) >= 11 is 3.44. The Morgan fingerprint density at radius 3 is 2.90 bits per heavy atom. The lowest BCUT2D eigenvalue weighted by Crippen LogP contribution is -2.53. The fourth-order valence-corrected chi connectivity index (χ4v) is 3.74. The van der Waals surface area contributed by atoms with Gasteiger partial charge < -0.3 is 10.4 Å². The molecule has 110 valence electrons. The molecule has 0 saturated heterocycles. The number of hydrogen-bond donors (Lipinski definition) is 2. The van der Waals surface area contributed by atoms with Gasteiger partial charge in [0.1, 0.15) is 0 Å². The molecule has 2 N–H and O–H groups in total. The number of benzene rings is 1. The van der Waals surface area contributed by atoms with E-state index in [1.54, 1.807) is 0 Å². The van der Waals surface area contributed by atoms with E-state index in [1.807, 2.05) is 25.1 Å². The molecule has 1 aliphatic rings. The van der Waals surface area contributed by atoms with Crippen molar-refractivity contribution in [3.63, 3.8) is 0 Å². The third-order valence-corrected chi connectivity index (χ3v) is 4.80. The SMILES string of the molecule is Cc1ccc(C(=O)NC2(CO)CCCC(C)C2)c(Br)c1. The molecule has 0 radical (unpaired) electrons. The van der Waals surface area contributed by atoms with Crippen LogP contribution in [0.15, 0.2) is 22.7 Å². The predicted octanol–water partition coefficient (Wildman–Crippen LogP) is 3.43. The maximum absolute atomic E-state index is 12.5. The first-order valence-electron chi connectivity index (χ1n) is 7.15. The van der Waals surface area contributed by atoms with Gasteiger partial charge >= 0.3 is 0 Å². The maximum Gasteiger partial charge on any atom is 0.252 e. The lowest BCUT2D eigenvalue weighted by Gasteiger charge is -2.39. The van der Waals surface area contributed by atoms with Crippen LogP contribution in [0.25, 0.3) is 0 Å². The number of nitrogens with one attached hydrogen (secondary N) is 1. The van der Waals surface area contributed by atoms with Crippen molar-refractivity contribution in [2.24, 2.45) is 5.92 Å². The van der Waals surface area contributed by atoms with Crippen LogP contribution in [-0.2, 0) is 0 Å². The second kappa shape index (κ2) is 6.27. The van der Waals surface area contributed by atoms with E-state index in [0.29, 0.717) is 11.5 Å². The molecule has 0 heterocycles. The van der Waals surface area contributed by atoms with Gasteiger partial charge in [0.05, 0.1) is 17.7 Å². The highest BCUT2D eigenvalue weighted by Crippen LogP contribution is 2.32. The highest BCUT2D eigenvalue weighted by molar-refractivity contribution is 9.10. The fraction of sp³-hybridized carbons (Fsp3) is 0.562. The largest absolute Gasteiger partial charge is 0.394 e. The minimum atomic E-state index is -0.459. The first kappa shape index (κ1) is 15.5. The number of halogens is 1. The number of aliphatic hydroxyl groups is 1. The van der Waals surface area contributed by atoms with Crippen LogP contribution in [-0.4, -0.2) is 23.2 Å². The van der Waals surface area contributed by atoms with Crippen molar-refractivity contribution in [1.82, 2.24) is 5.32 Å². The van der Waals surface area contributed by atoms with Crippen molar-refractivity contribution in [3.8, 4) is 0 Å². The van der Waals surface area contributed by atoms with E-state index >= 15 is 0 Å². The van der Waals surface area contributed by atoms with Crippen LogP contribution in [0, 0.1) is 12.8 Å². The van der Waals surface area contributed by atoms with Gasteiger partial charge in [0, 0.05) is 4.47 Å². The van der Waals surface area contributed by atoms with Gasteiger partial charge in [0.25, 0.3) is 5.91 Å². The molecule has 2 rings (SSSR count). The summed E-state index contributed by atoms with van der Waals surface area (Å²) in [6.45, 7) is 4.18. The lowest BCUT2D eigenvalue weighted by molar-refractivity contribution is 0.0696. The summed E-state index contributed by atoms with van der Waals surface area (Å²) in [6.07, 6.45) is 3.92. The smallest absolute Gasteiger partial charge is 0.252 e. The lowest BCUT2D eigenvalue weighted by atomic mass is 9.76. The fourth-order valence-electron chi connectivity index (χ4n) is 3.07. The maximum atomic E-state index is 12.5. The zero-order valence-corrected chi connectivity index (χ0v) is 13.7. The summed E-state index contributed by atoms with van der Waals surface area (Å²) in [5.41, 5.74) is 1.28. The standard InChI is InChI=1S/C16H22BrNO2/c1-11-5-6-13(14(17)8-11)15(20)18-16(10-19)7-3-4-12(2)9-16/h5-6,8,12,19H,3-4,7,9-10H2,1-2H3,(H,18,20). The Hall–Kier alpha value is -0.870. The topological polar surface area (TPSA) is 49.3 Å². The molecule has 0 aliphatic heterocycles. The van der Waals surface area contributed by atoms with Crippen molar-refractivity contribution in [1.29, 1.82) is 0 Å². The molecule has 0 bridgehead atoms. The molecule has 2 atom stereocenters. The van der Waals surface area contributed by atoms with Crippen molar-refractivity contribution < 1.29 is 9.90 Å². The first-order chi connectivity index (χ1) is 9.46. The first-order valence-corrected chi connectivity index (χ1v) is 7.94. The summed E-state index contributed by atoms with van der Waals surface area (Å²) in [4.78, 5) is 12.5. The van der Waals surface area contributed by atoms with E-state index < -0.39 is 5.54 Å². The van der Waals surface area contributed by atoms with E-state index in [-0.39, 0.29) is 12.5 Å². The van der Waals surface area contributed by atoms with Crippen molar-refractivity contribution in [2.45, 2.75) is 45.1 Å². The van der Waals surface area contributed by atoms with E-state index in [9.17, 15) is 9.90 Å². The van der Waals surface area contributed by atoms with Gasteiger partial charge in [-0.1, -0.05) is 25.8 Å². The van der Waals surface area contributed by atoms with Crippen LogP contribution in [0.2, 0.25) is 0 Å². The normalized spacial score (nSPS) is 26.3. The van der Waals surface area contributed by atoms with Crippen molar-refractivity contribution >= 4 is 21.8 Å². The molecule has 0 spiro atoms. The van der Waals surface area contributed by atoms with E-state index in [0.717, 1.165) is 29.3 Å². The summed E-state index contributed by atoms with van der Waals surface area (Å²) in [5, 5.41) is 12.8. The number of rotatable bonds is 3. The van der Waals surface area contributed by atoms with Gasteiger partial charge in [-0.3, -0.25) is 4.79 Å². The molecule has 4 heteroatoms. The molecule has 1 aromatic carbocycles. The summed E-state index contributed by atoms with van der Waals surface area (Å²) in [7, 11) is 0. The number of hydrogen-bond acceptors (Lipinski definition) is 2. The molecule has 2 unspecified atom stereocenters. The van der Waals surface area contributed by atoms with Crippen molar-refractivity contribution in [3.05, 3.63) is 33.8 Å².